The van der Waals surface area contributed by atoms with Crippen LogP contribution in [0.3, 0.4) is 0 Å². The van der Waals surface area contributed by atoms with Crippen LogP contribution < -0.4 is 0 Å². The largest absolute Gasteiger partial charge is 0.309 e. The van der Waals surface area contributed by atoms with Gasteiger partial charge in [0.05, 0.1) is 57.0 Å². The average molecular weight is 1250 g/mol. The number of nitriles is 3. The van der Waals surface area contributed by atoms with Gasteiger partial charge in [-0.05, 0) is 199 Å². The Morgan fingerprint density at radius 2 is 0.520 bits per heavy atom. The van der Waals surface area contributed by atoms with Crippen molar-refractivity contribution in [2.75, 3.05) is 0 Å². The summed E-state index contributed by atoms with van der Waals surface area (Å²) in [5.41, 5.74) is 23.4. The van der Waals surface area contributed by atoms with Gasteiger partial charge >= 0.3 is 0 Å². The molecule has 3 aromatic heterocycles. The van der Waals surface area contributed by atoms with Crippen molar-refractivity contribution in [2.24, 2.45) is 0 Å². The summed E-state index contributed by atoms with van der Waals surface area (Å²) in [7, 11) is 0. The smallest absolute Gasteiger partial charge is 0.164 e. The van der Waals surface area contributed by atoms with E-state index in [2.05, 4.69) is 234 Å². The van der Waals surface area contributed by atoms with Crippen molar-refractivity contribution in [3.8, 4) is 142 Å². The van der Waals surface area contributed by atoms with Gasteiger partial charge in [-0.3, -0.25) is 0 Å². The molecular weight excluding hydrogens is 1190 g/mol. The normalized spacial score (nSPS) is 11.2. The number of rotatable bonds is 12. The van der Waals surface area contributed by atoms with E-state index in [1.54, 1.807) is 0 Å². The highest BCUT2D eigenvalue weighted by Gasteiger charge is 2.23. The maximum Gasteiger partial charge on any atom is 0.164 e. The van der Waals surface area contributed by atoms with Crippen LogP contribution in [0.25, 0.3) is 167 Å². The van der Waals surface area contributed by atoms with Crippen molar-refractivity contribution >= 4 is 43.6 Å². The first kappa shape index (κ1) is 58.0. The number of nitrogens with zero attached hydrogens (tertiary/aromatic N) is 8. The van der Waals surface area contributed by atoms with Crippen molar-refractivity contribution < 1.29 is 0 Å². The van der Waals surface area contributed by atoms with Gasteiger partial charge in [0.25, 0.3) is 0 Å². The van der Waals surface area contributed by atoms with Crippen LogP contribution in [0, 0.1) is 34.0 Å². The van der Waals surface area contributed by atoms with Crippen LogP contribution in [0.2, 0.25) is 0 Å². The molecule has 14 aromatic carbocycles. The molecule has 0 atom stereocenters. The number of aromatic nitrogens is 5. The molecule has 0 N–H and O–H groups in total. The Morgan fingerprint density at radius 3 is 0.908 bits per heavy atom. The minimum Gasteiger partial charge on any atom is -0.309 e. The summed E-state index contributed by atoms with van der Waals surface area (Å²) >= 11 is 0. The third-order valence-corrected chi connectivity index (χ3v) is 18.6. The molecule has 0 aliphatic heterocycles. The molecule has 98 heavy (non-hydrogen) atoms. The van der Waals surface area contributed by atoms with Gasteiger partial charge in [-0.1, -0.05) is 206 Å². The lowest BCUT2D eigenvalue weighted by Gasteiger charge is -2.16. The van der Waals surface area contributed by atoms with Gasteiger partial charge in [0.1, 0.15) is 0 Å². The van der Waals surface area contributed by atoms with Crippen LogP contribution in [-0.4, -0.2) is 24.1 Å². The molecule has 0 bridgehead atoms. The van der Waals surface area contributed by atoms with E-state index < -0.39 is 0 Å². The van der Waals surface area contributed by atoms with Crippen molar-refractivity contribution in [1.82, 2.24) is 24.1 Å². The minimum atomic E-state index is 0.406. The molecule has 3 heterocycles. The summed E-state index contributed by atoms with van der Waals surface area (Å²) in [4.78, 5) is 16.7. The first-order valence-electron chi connectivity index (χ1n) is 32.5. The SMILES string of the molecule is N#Cc1cccc(-c2cc(-c3nc(-c4cccc(-c5ccccc5C#N)c4)nc(-c4cc(-c5cccc(C#N)c5)cc(-n5c6ccc(-c7ccccc7)cc6c6cc(-c7ccccc7)ccc65)c4)n3)cc(-n3c4ccc(-c5ccccc5)cc4c4cc(-c5ccccc5)ccc43)c2)c1. The molecule has 0 amide bonds. The predicted molar refractivity (Wildman–Crippen MR) is 397 cm³/mol. The van der Waals surface area contributed by atoms with E-state index in [9.17, 15) is 15.8 Å². The molecule has 0 saturated heterocycles. The van der Waals surface area contributed by atoms with Gasteiger partial charge in [-0.15, -0.1) is 0 Å². The van der Waals surface area contributed by atoms with Crippen LogP contribution in [0.4, 0.5) is 0 Å². The highest BCUT2D eigenvalue weighted by molar-refractivity contribution is 6.13. The zero-order valence-corrected chi connectivity index (χ0v) is 52.8. The van der Waals surface area contributed by atoms with Gasteiger partial charge in [0, 0.05) is 49.6 Å². The van der Waals surface area contributed by atoms with Crippen LogP contribution in [0.1, 0.15) is 16.7 Å². The molecular formula is C90H54N8. The average Bonchev–Trinajstić information content (AvgIpc) is 1.71. The lowest BCUT2D eigenvalue weighted by molar-refractivity contribution is 1.07. The Kier molecular flexibility index (Phi) is 14.5. The molecule has 8 nitrogen and oxygen atoms in total. The van der Waals surface area contributed by atoms with E-state index in [4.69, 9.17) is 15.0 Å². The molecule has 8 heteroatoms. The van der Waals surface area contributed by atoms with Gasteiger partial charge in [0.2, 0.25) is 0 Å². The monoisotopic (exact) mass is 1250 g/mol. The van der Waals surface area contributed by atoms with Crippen molar-refractivity contribution in [1.29, 1.82) is 15.8 Å². The summed E-state index contributed by atoms with van der Waals surface area (Å²) < 4.78 is 4.66. The Labute approximate surface area is 566 Å². The van der Waals surface area contributed by atoms with Gasteiger partial charge in [-0.25, -0.2) is 15.0 Å². The highest BCUT2D eigenvalue weighted by Crippen LogP contribution is 2.43. The standard InChI is InChI=1S/C90H54N8/c91-55-58-18-15-29-64(42-58)73-45-75(49-77(47-73)97-84-38-34-66(60-20-5-1-6-21-60)51-80(84)81-52-67(35-39-85(81)97)61-22-7-2-8-23-61)89-94-88(71-32-17-31-70(44-71)79-33-14-13-28-72(79)57-93)95-90(96-89)76-46-74(65-30-16-19-59(43-65)56-92)48-78(50-76)98-86-40-36-68(62-24-9-3-10-25-62)53-82(86)83-54-69(37-41-87(83)98)63-26-11-4-12-27-63/h1-54H. The van der Waals surface area contributed by atoms with Crippen LogP contribution in [0.5, 0.6) is 0 Å². The van der Waals surface area contributed by atoms with Crippen LogP contribution in [0.15, 0.2) is 328 Å². The number of benzene rings is 14. The van der Waals surface area contributed by atoms with E-state index in [-0.39, 0.29) is 0 Å². The molecule has 0 unspecified atom stereocenters. The molecule has 0 aliphatic carbocycles. The maximum atomic E-state index is 10.4. The summed E-state index contributed by atoms with van der Waals surface area (Å²) in [5.74, 6) is 1.22. The van der Waals surface area contributed by atoms with E-state index in [1.807, 2.05) is 121 Å². The van der Waals surface area contributed by atoms with Crippen molar-refractivity contribution in [3.63, 3.8) is 0 Å². The quantitative estimate of drug-likeness (QED) is 0.120. The maximum absolute atomic E-state index is 10.4. The second-order valence-corrected chi connectivity index (χ2v) is 24.5. The predicted octanol–water partition coefficient (Wildman–Crippen LogP) is 22.4. The molecule has 17 aromatic rings. The first-order valence-corrected chi connectivity index (χ1v) is 32.5. The Morgan fingerprint density at radius 1 is 0.214 bits per heavy atom. The lowest BCUT2D eigenvalue weighted by Crippen LogP contribution is -2.03. The van der Waals surface area contributed by atoms with E-state index >= 15 is 0 Å². The number of fused-ring (bicyclic) bond motifs is 6. The van der Waals surface area contributed by atoms with Gasteiger partial charge < -0.3 is 9.13 Å². The molecule has 0 spiro atoms. The summed E-state index contributed by atoms with van der Waals surface area (Å²) in [6, 6.07) is 120. The van der Waals surface area contributed by atoms with Crippen molar-refractivity contribution in [3.05, 3.63) is 344 Å². The zero-order chi connectivity index (χ0) is 65.6. The summed E-state index contributed by atoms with van der Waals surface area (Å²) in [6.07, 6.45) is 0. The second-order valence-electron chi connectivity index (χ2n) is 24.5. The minimum absolute atomic E-state index is 0.406. The third kappa shape index (κ3) is 10.7. The second kappa shape index (κ2) is 24.6. The van der Waals surface area contributed by atoms with Crippen LogP contribution >= 0.6 is 0 Å². The van der Waals surface area contributed by atoms with Crippen molar-refractivity contribution in [2.45, 2.75) is 0 Å². The molecule has 0 saturated carbocycles. The fourth-order valence-corrected chi connectivity index (χ4v) is 13.9. The zero-order valence-electron chi connectivity index (χ0n) is 52.8. The number of hydrogen-bond donors (Lipinski definition) is 0. The van der Waals surface area contributed by atoms with E-state index in [1.165, 1.54) is 0 Å². The molecule has 17 rings (SSSR count). The Bertz CT molecular complexity index is 5630. The lowest BCUT2D eigenvalue weighted by atomic mass is 9.98. The topological polar surface area (TPSA) is 120 Å². The molecule has 0 fully saturated rings. The molecule has 454 valence electrons. The molecule has 0 radical (unpaired) electrons. The van der Waals surface area contributed by atoms with Crippen LogP contribution in [-0.2, 0) is 0 Å². The fraction of sp³-hybridized carbons (Fsp3) is 0. The van der Waals surface area contributed by atoms with Gasteiger partial charge in [-0.2, -0.15) is 15.8 Å². The Balaban J connectivity index is 0.932. The fourth-order valence-electron chi connectivity index (χ4n) is 13.9. The molecule has 0 aliphatic rings. The summed E-state index contributed by atoms with van der Waals surface area (Å²) in [5, 5.41) is 35.5. The van der Waals surface area contributed by atoms with E-state index in [0.29, 0.717) is 50.9 Å². The third-order valence-electron chi connectivity index (χ3n) is 18.6. The summed E-state index contributed by atoms with van der Waals surface area (Å²) in [6.45, 7) is 0. The van der Waals surface area contributed by atoms with E-state index in [0.717, 1.165) is 133 Å². The van der Waals surface area contributed by atoms with Gasteiger partial charge in [0.15, 0.2) is 17.5 Å². The first-order chi connectivity index (χ1) is 48.4. The highest BCUT2D eigenvalue weighted by atomic mass is 15.0. The number of hydrogen-bond acceptors (Lipinski definition) is 6. The Hall–Kier alpha value is -13.8.